The van der Waals surface area contributed by atoms with Crippen molar-refractivity contribution >= 4 is 6.09 Å². The van der Waals surface area contributed by atoms with Crippen molar-refractivity contribution < 1.29 is 14.3 Å². The van der Waals surface area contributed by atoms with Crippen molar-refractivity contribution in [3.05, 3.63) is 24.0 Å². The van der Waals surface area contributed by atoms with Gasteiger partial charge in [-0.3, -0.25) is 4.98 Å². The van der Waals surface area contributed by atoms with Crippen LogP contribution < -0.4 is 15.8 Å². The number of aromatic nitrogens is 1. The highest BCUT2D eigenvalue weighted by Gasteiger charge is 2.28. The summed E-state index contributed by atoms with van der Waals surface area (Å²) in [6.45, 7) is 8.10. The molecule has 0 spiro atoms. The largest absolute Gasteiger partial charge is 0.495 e. The van der Waals surface area contributed by atoms with Crippen LogP contribution in [-0.2, 0) is 10.2 Å². The molecular weight excluding hydrogens is 270 g/mol. The van der Waals surface area contributed by atoms with Crippen LogP contribution in [0.3, 0.4) is 0 Å². The second-order valence-corrected chi connectivity index (χ2v) is 6.20. The van der Waals surface area contributed by atoms with Gasteiger partial charge in [-0.05, 0) is 32.9 Å². The monoisotopic (exact) mass is 295 g/mol. The lowest BCUT2D eigenvalue weighted by molar-refractivity contribution is 0.0516. The molecule has 0 saturated heterocycles. The summed E-state index contributed by atoms with van der Waals surface area (Å²) in [5, 5.41) is 2.75. The van der Waals surface area contributed by atoms with Crippen LogP contribution >= 0.6 is 0 Å². The van der Waals surface area contributed by atoms with E-state index in [1.807, 2.05) is 39.8 Å². The molecule has 0 bridgehead atoms. The molecule has 1 amide bonds. The third-order valence-electron chi connectivity index (χ3n) is 3.06. The summed E-state index contributed by atoms with van der Waals surface area (Å²) in [5.74, 6) is 0.679. The Labute approximate surface area is 126 Å². The Morgan fingerprint density at radius 1 is 1.33 bits per heavy atom. The summed E-state index contributed by atoms with van der Waals surface area (Å²) < 4.78 is 10.3. The summed E-state index contributed by atoms with van der Waals surface area (Å²) in [6, 6.07) is 3.67. The summed E-state index contributed by atoms with van der Waals surface area (Å²) in [4.78, 5) is 16.1. The minimum Gasteiger partial charge on any atom is -0.495 e. The van der Waals surface area contributed by atoms with Gasteiger partial charge >= 0.3 is 6.09 Å². The normalized spacial score (nSPS) is 14.2. The molecule has 118 valence electrons. The molecule has 0 aliphatic heterocycles. The smallest absolute Gasteiger partial charge is 0.407 e. The average molecular weight is 295 g/mol. The number of pyridine rings is 1. The molecule has 3 N–H and O–H groups in total. The Kier molecular flexibility index (Phi) is 5.54. The fourth-order valence-electron chi connectivity index (χ4n) is 1.71. The van der Waals surface area contributed by atoms with Crippen LogP contribution in [0.25, 0.3) is 0 Å². The average Bonchev–Trinajstić information content (AvgIpc) is 2.43. The number of nitrogens with two attached hydrogens (primary N) is 1. The van der Waals surface area contributed by atoms with Gasteiger partial charge in [0.1, 0.15) is 11.4 Å². The van der Waals surface area contributed by atoms with E-state index in [1.165, 1.54) is 0 Å². The van der Waals surface area contributed by atoms with Gasteiger partial charge in [0.25, 0.3) is 0 Å². The predicted octanol–water partition coefficient (Wildman–Crippen LogP) is 1.83. The molecule has 0 saturated carbocycles. The van der Waals surface area contributed by atoms with Crippen LogP contribution in [0.15, 0.2) is 18.3 Å². The van der Waals surface area contributed by atoms with Gasteiger partial charge in [0.2, 0.25) is 0 Å². The second-order valence-electron chi connectivity index (χ2n) is 6.20. The molecule has 0 fully saturated rings. The number of methoxy groups -OCH3 is 1. The number of ether oxygens (including phenoxy) is 2. The molecule has 1 heterocycles. The number of nitrogens with zero attached hydrogens (tertiary/aromatic N) is 1. The first-order chi connectivity index (χ1) is 9.70. The zero-order valence-corrected chi connectivity index (χ0v) is 13.4. The number of alkyl carbamates (subject to hydrolysis) is 1. The van der Waals surface area contributed by atoms with Crippen molar-refractivity contribution in [2.24, 2.45) is 5.73 Å². The molecule has 0 radical (unpaired) electrons. The van der Waals surface area contributed by atoms with E-state index in [-0.39, 0.29) is 0 Å². The SMILES string of the molecule is COc1ccc(C(C)(CN)CNC(=O)OC(C)(C)C)nc1. The Bertz CT molecular complexity index is 468. The van der Waals surface area contributed by atoms with Crippen LogP contribution in [0.1, 0.15) is 33.4 Å². The van der Waals surface area contributed by atoms with Crippen LogP contribution in [0, 0.1) is 0 Å². The molecule has 6 nitrogen and oxygen atoms in total. The van der Waals surface area contributed by atoms with Crippen molar-refractivity contribution in [3.63, 3.8) is 0 Å². The molecule has 0 aromatic carbocycles. The predicted molar refractivity (Wildman–Crippen MR) is 81.4 cm³/mol. The van der Waals surface area contributed by atoms with Gasteiger partial charge in [0, 0.05) is 24.2 Å². The molecule has 6 heteroatoms. The van der Waals surface area contributed by atoms with Crippen molar-refractivity contribution in [2.75, 3.05) is 20.2 Å². The molecule has 0 aliphatic rings. The van der Waals surface area contributed by atoms with Crippen molar-refractivity contribution in [1.82, 2.24) is 10.3 Å². The van der Waals surface area contributed by atoms with E-state index in [0.717, 1.165) is 5.69 Å². The summed E-state index contributed by atoms with van der Waals surface area (Å²) in [6.07, 6.45) is 1.17. The zero-order valence-electron chi connectivity index (χ0n) is 13.4. The third kappa shape index (κ3) is 5.23. The quantitative estimate of drug-likeness (QED) is 0.865. The maximum absolute atomic E-state index is 11.7. The number of hydrogen-bond acceptors (Lipinski definition) is 5. The van der Waals surface area contributed by atoms with Crippen molar-refractivity contribution in [2.45, 2.75) is 38.7 Å². The highest BCUT2D eigenvalue weighted by molar-refractivity contribution is 5.67. The van der Waals surface area contributed by atoms with E-state index in [0.29, 0.717) is 18.8 Å². The lowest BCUT2D eigenvalue weighted by atomic mass is 9.86. The maximum Gasteiger partial charge on any atom is 0.407 e. The van der Waals surface area contributed by atoms with Gasteiger partial charge in [-0.1, -0.05) is 6.92 Å². The fourth-order valence-corrected chi connectivity index (χ4v) is 1.71. The lowest BCUT2D eigenvalue weighted by Gasteiger charge is -2.28. The summed E-state index contributed by atoms with van der Waals surface area (Å²) >= 11 is 0. The molecule has 1 aromatic rings. The van der Waals surface area contributed by atoms with Gasteiger partial charge in [-0.25, -0.2) is 4.79 Å². The van der Waals surface area contributed by atoms with Gasteiger partial charge < -0.3 is 20.5 Å². The van der Waals surface area contributed by atoms with Crippen LogP contribution in [-0.4, -0.2) is 36.9 Å². The van der Waals surface area contributed by atoms with E-state index in [2.05, 4.69) is 10.3 Å². The highest BCUT2D eigenvalue weighted by atomic mass is 16.6. The number of rotatable bonds is 5. The molecular formula is C15H25N3O3. The van der Waals surface area contributed by atoms with E-state index in [4.69, 9.17) is 15.2 Å². The maximum atomic E-state index is 11.7. The van der Waals surface area contributed by atoms with E-state index in [1.54, 1.807) is 13.3 Å². The number of nitrogens with one attached hydrogen (secondary N) is 1. The Morgan fingerprint density at radius 3 is 2.43 bits per heavy atom. The first kappa shape index (κ1) is 17.2. The standard InChI is InChI=1S/C15H25N3O3/c1-14(2,3)21-13(19)18-10-15(4,9-16)12-7-6-11(20-5)8-17-12/h6-8H,9-10,16H2,1-5H3,(H,18,19). The Hall–Kier alpha value is -1.82. The van der Waals surface area contributed by atoms with Gasteiger partial charge in [0.05, 0.1) is 13.3 Å². The molecule has 1 aromatic heterocycles. The van der Waals surface area contributed by atoms with Gasteiger partial charge in [-0.15, -0.1) is 0 Å². The summed E-state index contributed by atoms with van der Waals surface area (Å²) in [5.41, 5.74) is 5.66. The zero-order chi connectivity index (χ0) is 16.1. The van der Waals surface area contributed by atoms with Crippen LogP contribution in [0.2, 0.25) is 0 Å². The molecule has 21 heavy (non-hydrogen) atoms. The second kappa shape index (κ2) is 6.76. The number of amides is 1. The molecule has 1 unspecified atom stereocenters. The molecule has 0 aliphatic carbocycles. The van der Waals surface area contributed by atoms with Gasteiger partial charge in [0.15, 0.2) is 0 Å². The first-order valence-corrected chi connectivity index (χ1v) is 6.87. The van der Waals surface area contributed by atoms with Gasteiger partial charge in [-0.2, -0.15) is 0 Å². The Morgan fingerprint density at radius 2 is 2.00 bits per heavy atom. The third-order valence-corrected chi connectivity index (χ3v) is 3.06. The van der Waals surface area contributed by atoms with E-state index < -0.39 is 17.1 Å². The van der Waals surface area contributed by atoms with Crippen molar-refractivity contribution in [1.29, 1.82) is 0 Å². The lowest BCUT2D eigenvalue weighted by Crippen LogP contribution is -2.45. The topological polar surface area (TPSA) is 86.5 Å². The van der Waals surface area contributed by atoms with E-state index >= 15 is 0 Å². The first-order valence-electron chi connectivity index (χ1n) is 6.87. The number of hydrogen-bond donors (Lipinski definition) is 2. The molecule has 1 atom stereocenters. The Balaban J connectivity index is 2.73. The number of carbonyl (C=O) groups is 1. The van der Waals surface area contributed by atoms with Crippen LogP contribution in [0.5, 0.6) is 5.75 Å². The van der Waals surface area contributed by atoms with E-state index in [9.17, 15) is 4.79 Å². The summed E-state index contributed by atoms with van der Waals surface area (Å²) in [7, 11) is 1.59. The van der Waals surface area contributed by atoms with Crippen molar-refractivity contribution in [3.8, 4) is 5.75 Å². The fraction of sp³-hybridized carbons (Fsp3) is 0.600. The highest BCUT2D eigenvalue weighted by Crippen LogP contribution is 2.22. The minimum atomic E-state index is -0.526. The molecule has 1 rings (SSSR count). The minimum absolute atomic E-state index is 0.345. The number of carbonyl (C=O) groups excluding carboxylic acids is 1. The van der Waals surface area contributed by atoms with Crippen LogP contribution in [0.4, 0.5) is 4.79 Å².